The van der Waals surface area contributed by atoms with E-state index in [1.54, 1.807) is 0 Å². The first-order valence-electron chi connectivity index (χ1n) is 8.66. The van der Waals surface area contributed by atoms with E-state index in [1.807, 2.05) is 25.7 Å². The fourth-order valence-electron chi connectivity index (χ4n) is 5.21. The first kappa shape index (κ1) is 13.9. The lowest BCUT2D eigenvalue weighted by Gasteiger charge is -2.24. The van der Waals surface area contributed by atoms with Crippen LogP contribution >= 0.6 is 0 Å². The van der Waals surface area contributed by atoms with Crippen molar-refractivity contribution in [3.05, 3.63) is 0 Å². The van der Waals surface area contributed by atoms with Gasteiger partial charge in [-0.3, -0.25) is 0 Å². The van der Waals surface area contributed by atoms with Gasteiger partial charge in [0.15, 0.2) is 0 Å². The summed E-state index contributed by atoms with van der Waals surface area (Å²) in [6, 6.07) is 1.24. The van der Waals surface area contributed by atoms with Crippen LogP contribution in [0.5, 0.6) is 0 Å². The van der Waals surface area contributed by atoms with Crippen LogP contribution in [0.15, 0.2) is 0 Å². The van der Waals surface area contributed by atoms with Crippen molar-refractivity contribution in [2.45, 2.75) is 64.1 Å². The van der Waals surface area contributed by atoms with Gasteiger partial charge in [0.05, 0.1) is 0 Å². The van der Waals surface area contributed by atoms with Gasteiger partial charge in [-0.15, -0.1) is 0 Å². The highest BCUT2D eigenvalue weighted by atomic mass is 16.6. The van der Waals surface area contributed by atoms with Gasteiger partial charge >= 0.3 is 6.09 Å². The predicted octanol–water partition coefficient (Wildman–Crippen LogP) is 2.63. The highest BCUT2D eigenvalue weighted by Gasteiger charge is 2.65. The van der Waals surface area contributed by atoms with Crippen LogP contribution in [0.4, 0.5) is 4.79 Å². The van der Waals surface area contributed by atoms with Gasteiger partial charge in [-0.05, 0) is 70.1 Å². The van der Waals surface area contributed by atoms with E-state index in [0.29, 0.717) is 6.04 Å². The highest BCUT2D eigenvalue weighted by Crippen LogP contribution is 2.65. The Bertz CT molecular complexity index is 429. The summed E-state index contributed by atoms with van der Waals surface area (Å²) in [5.41, 5.74) is -0.394. The Morgan fingerprint density at radius 1 is 1.14 bits per heavy atom. The van der Waals surface area contributed by atoms with E-state index in [2.05, 4.69) is 5.32 Å². The van der Waals surface area contributed by atoms with Crippen LogP contribution in [0, 0.1) is 23.7 Å². The van der Waals surface area contributed by atoms with E-state index >= 15 is 0 Å². The first-order valence-corrected chi connectivity index (χ1v) is 8.66. The molecular weight excluding hydrogens is 264 g/mol. The maximum Gasteiger partial charge on any atom is 0.410 e. The molecule has 2 bridgehead atoms. The second-order valence-corrected chi connectivity index (χ2v) is 8.59. The molecule has 5 atom stereocenters. The predicted molar refractivity (Wildman–Crippen MR) is 80.9 cm³/mol. The molecule has 0 radical (unpaired) electrons. The Morgan fingerprint density at radius 3 is 2.43 bits per heavy atom. The smallest absolute Gasteiger partial charge is 0.410 e. The third-order valence-corrected chi connectivity index (χ3v) is 6.00. The molecule has 0 aromatic heterocycles. The van der Waals surface area contributed by atoms with Crippen LogP contribution in [0.25, 0.3) is 0 Å². The largest absolute Gasteiger partial charge is 0.444 e. The molecule has 4 rings (SSSR count). The van der Waals surface area contributed by atoms with Crippen LogP contribution in [-0.2, 0) is 4.74 Å². The lowest BCUT2D eigenvalue weighted by molar-refractivity contribution is 0.0290. The second kappa shape index (κ2) is 4.61. The van der Waals surface area contributed by atoms with Crippen molar-refractivity contribution >= 4 is 6.09 Å². The zero-order valence-corrected chi connectivity index (χ0v) is 13.5. The van der Waals surface area contributed by atoms with Gasteiger partial charge in [0.25, 0.3) is 0 Å². The summed E-state index contributed by atoms with van der Waals surface area (Å²) in [5, 5.41) is 3.85. The fraction of sp³-hybridized carbons (Fsp3) is 0.941. The van der Waals surface area contributed by atoms with Gasteiger partial charge in [-0.2, -0.15) is 0 Å². The summed E-state index contributed by atoms with van der Waals surface area (Å²) in [6.07, 6.45) is 5.37. The van der Waals surface area contributed by atoms with Crippen LogP contribution < -0.4 is 5.32 Å². The molecule has 0 aromatic rings. The number of nitrogens with one attached hydrogen (secondary N) is 1. The second-order valence-electron chi connectivity index (χ2n) is 8.59. The van der Waals surface area contributed by atoms with E-state index in [-0.39, 0.29) is 6.09 Å². The van der Waals surface area contributed by atoms with Crippen molar-refractivity contribution in [3.63, 3.8) is 0 Å². The van der Waals surface area contributed by atoms with Gasteiger partial charge < -0.3 is 15.0 Å². The molecule has 0 aromatic carbocycles. The van der Waals surface area contributed by atoms with E-state index in [1.165, 1.54) is 19.3 Å². The summed E-state index contributed by atoms with van der Waals surface area (Å²) in [7, 11) is 0. The number of hydrogen-bond acceptors (Lipinski definition) is 3. The third-order valence-electron chi connectivity index (χ3n) is 6.00. The Balaban J connectivity index is 1.27. The molecule has 1 heterocycles. The molecule has 1 saturated heterocycles. The van der Waals surface area contributed by atoms with Gasteiger partial charge in [-0.1, -0.05) is 0 Å². The molecule has 4 fully saturated rings. The number of hydrogen-bond donors (Lipinski definition) is 1. The summed E-state index contributed by atoms with van der Waals surface area (Å²) < 4.78 is 5.47. The minimum Gasteiger partial charge on any atom is -0.444 e. The number of carbonyl (C=O) groups is 1. The number of ether oxygens (including phenoxy) is 1. The molecule has 1 aliphatic heterocycles. The summed E-state index contributed by atoms with van der Waals surface area (Å²) in [6.45, 7) is 7.44. The third kappa shape index (κ3) is 2.45. The van der Waals surface area contributed by atoms with E-state index in [4.69, 9.17) is 4.74 Å². The lowest BCUT2D eigenvalue weighted by Crippen LogP contribution is -2.40. The lowest BCUT2D eigenvalue weighted by atomic mass is 10.0. The van der Waals surface area contributed by atoms with Crippen molar-refractivity contribution in [1.29, 1.82) is 0 Å². The quantitative estimate of drug-likeness (QED) is 0.850. The van der Waals surface area contributed by atoms with E-state index < -0.39 is 5.60 Å². The molecule has 1 N–H and O–H groups in total. The Kier molecular flexibility index (Phi) is 3.04. The van der Waals surface area contributed by atoms with Crippen molar-refractivity contribution in [2.75, 3.05) is 13.1 Å². The number of amides is 1. The van der Waals surface area contributed by atoms with Crippen LogP contribution in [0.2, 0.25) is 0 Å². The average molecular weight is 292 g/mol. The number of fused-ring (bicyclic) bond motifs is 5. The van der Waals surface area contributed by atoms with Crippen molar-refractivity contribution in [2.24, 2.45) is 23.7 Å². The van der Waals surface area contributed by atoms with Gasteiger partial charge in [-0.25, -0.2) is 4.79 Å². The molecule has 0 spiro atoms. The Morgan fingerprint density at radius 2 is 1.81 bits per heavy atom. The number of nitrogens with zero attached hydrogens (tertiary/aromatic N) is 1. The molecule has 21 heavy (non-hydrogen) atoms. The van der Waals surface area contributed by atoms with Crippen molar-refractivity contribution < 1.29 is 9.53 Å². The Hall–Kier alpha value is -0.770. The minimum atomic E-state index is -0.394. The molecule has 4 nitrogen and oxygen atoms in total. The minimum absolute atomic E-state index is 0.150. The monoisotopic (exact) mass is 292 g/mol. The standard InChI is InChI=1S/C17H28N2O2/c1-17(2,3)21-16(20)19-7-6-12(9-19)18-15-13-10-4-5-11(8-10)14(13)15/h10-15,18H,4-9H2,1-3H3. The molecule has 118 valence electrons. The van der Waals surface area contributed by atoms with Crippen molar-refractivity contribution in [1.82, 2.24) is 10.2 Å². The molecular formula is C17H28N2O2. The molecule has 4 aliphatic rings. The zero-order chi connectivity index (χ0) is 14.8. The number of carbonyl (C=O) groups excluding carboxylic acids is 1. The maximum atomic E-state index is 12.1. The van der Waals surface area contributed by atoms with Crippen LogP contribution in [0.3, 0.4) is 0 Å². The molecule has 5 unspecified atom stereocenters. The van der Waals surface area contributed by atoms with Crippen molar-refractivity contribution in [3.8, 4) is 0 Å². The number of rotatable bonds is 2. The SMILES string of the molecule is CC(C)(C)OC(=O)N1CCC(NC2C3C4CCC(C4)C23)C1. The summed E-state index contributed by atoms with van der Waals surface area (Å²) in [4.78, 5) is 14.0. The first-order chi connectivity index (χ1) is 9.92. The Labute approximate surface area is 127 Å². The molecule has 3 aliphatic carbocycles. The maximum absolute atomic E-state index is 12.1. The van der Waals surface area contributed by atoms with Crippen LogP contribution in [0.1, 0.15) is 46.5 Å². The van der Waals surface area contributed by atoms with Crippen LogP contribution in [-0.4, -0.2) is 41.8 Å². The van der Waals surface area contributed by atoms with E-state index in [0.717, 1.165) is 49.2 Å². The average Bonchev–Trinajstić information content (AvgIpc) is 2.80. The van der Waals surface area contributed by atoms with Gasteiger partial charge in [0.1, 0.15) is 5.60 Å². The van der Waals surface area contributed by atoms with E-state index in [9.17, 15) is 4.79 Å². The molecule has 1 amide bonds. The summed E-state index contributed by atoms with van der Waals surface area (Å²) in [5.74, 6) is 3.97. The zero-order valence-electron chi connectivity index (χ0n) is 13.5. The van der Waals surface area contributed by atoms with Gasteiger partial charge in [0.2, 0.25) is 0 Å². The number of likely N-dealkylation sites (tertiary alicyclic amines) is 1. The molecule has 4 heteroatoms. The highest BCUT2D eigenvalue weighted by molar-refractivity contribution is 5.68. The van der Waals surface area contributed by atoms with Gasteiger partial charge in [0, 0.05) is 25.2 Å². The normalized spacial score (nSPS) is 44.0. The molecule has 3 saturated carbocycles. The fourth-order valence-corrected chi connectivity index (χ4v) is 5.21. The topological polar surface area (TPSA) is 41.6 Å². The summed E-state index contributed by atoms with van der Waals surface area (Å²) >= 11 is 0.